The quantitative estimate of drug-likeness (QED) is 0.404. The van der Waals surface area contributed by atoms with Crippen LogP contribution in [-0.4, -0.2) is 26.1 Å². The van der Waals surface area contributed by atoms with Crippen LogP contribution in [-0.2, 0) is 19.1 Å². The zero-order valence-corrected chi connectivity index (χ0v) is 5.29. The highest BCUT2D eigenvalue weighted by molar-refractivity contribution is 5.91. The molecule has 0 aliphatic carbocycles. The van der Waals surface area contributed by atoms with Crippen molar-refractivity contribution in [1.29, 1.82) is 0 Å². The van der Waals surface area contributed by atoms with E-state index in [1.807, 2.05) is 0 Å². The first kappa shape index (κ1) is 4.49. The van der Waals surface area contributed by atoms with Gasteiger partial charge in [0.1, 0.15) is 0 Å². The normalized spacial score (nSPS) is 15.1. The van der Waals surface area contributed by atoms with Crippen LogP contribution in [0.25, 0.3) is 0 Å². The van der Waals surface area contributed by atoms with Gasteiger partial charge in [-0.2, -0.15) is 0 Å². The molecule has 0 aromatic carbocycles. The lowest BCUT2D eigenvalue weighted by atomic mass is 10.5. The average molecular weight is 147 g/mol. The van der Waals surface area contributed by atoms with Crippen molar-refractivity contribution >= 4 is 11.9 Å². The van der Waals surface area contributed by atoms with E-state index in [1.54, 1.807) is 0 Å². The van der Waals surface area contributed by atoms with Gasteiger partial charge in [-0.25, -0.2) is 9.59 Å². The molecule has 4 nitrogen and oxygen atoms in total. The van der Waals surface area contributed by atoms with Gasteiger partial charge in [-0.1, -0.05) is 0 Å². The van der Waals surface area contributed by atoms with Crippen molar-refractivity contribution in [2.45, 2.75) is 0 Å². The molecule has 0 radical (unpaired) electrons. The van der Waals surface area contributed by atoms with Crippen molar-refractivity contribution in [3.8, 4) is 0 Å². The fourth-order valence-electron chi connectivity index (χ4n) is 0.238. The van der Waals surface area contributed by atoms with Gasteiger partial charge in [0.15, 0.2) is 0 Å². The predicted molar refractivity (Wildman–Crippen MR) is 33.2 cm³/mol. The molecule has 0 bridgehead atoms. The van der Waals surface area contributed by atoms with Crippen molar-refractivity contribution in [3.05, 3.63) is 12.2 Å². The standard InChI is InChI=1S/C6H8O4/c1-9-5(7)3-4-6(8)10-2/h3-4H,1-2H3/b4-3+/i1D3. The monoisotopic (exact) mass is 147 g/mol. The van der Waals surface area contributed by atoms with E-state index in [0.717, 1.165) is 13.2 Å². The summed E-state index contributed by atoms with van der Waals surface area (Å²) < 4.78 is 27.7. The first-order valence-electron chi connectivity index (χ1n) is 3.84. The summed E-state index contributed by atoms with van der Waals surface area (Å²) in [5.41, 5.74) is 0. The van der Waals surface area contributed by atoms with Crippen LogP contribution in [0.2, 0.25) is 0 Å². The third-order valence-electron chi connectivity index (χ3n) is 0.657. The van der Waals surface area contributed by atoms with E-state index >= 15 is 0 Å². The van der Waals surface area contributed by atoms with Crippen molar-refractivity contribution in [2.24, 2.45) is 0 Å². The minimum absolute atomic E-state index is 0.679. The van der Waals surface area contributed by atoms with Crippen LogP contribution in [0.1, 0.15) is 4.11 Å². The van der Waals surface area contributed by atoms with Gasteiger partial charge in [0.25, 0.3) is 0 Å². The fourth-order valence-corrected chi connectivity index (χ4v) is 0.238. The zero-order valence-electron chi connectivity index (χ0n) is 8.29. The Bertz CT molecular complexity index is 231. The molecule has 0 saturated heterocycles. The van der Waals surface area contributed by atoms with Gasteiger partial charge in [-0.3, -0.25) is 0 Å². The van der Waals surface area contributed by atoms with E-state index in [2.05, 4.69) is 9.47 Å². The Morgan fingerprint density at radius 1 is 1.30 bits per heavy atom. The minimum atomic E-state index is -2.79. The van der Waals surface area contributed by atoms with Crippen LogP contribution in [0.15, 0.2) is 12.2 Å². The summed E-state index contributed by atoms with van der Waals surface area (Å²) in [6.45, 7) is 0. The Balaban J connectivity index is 4.02. The van der Waals surface area contributed by atoms with E-state index in [4.69, 9.17) is 4.11 Å². The van der Waals surface area contributed by atoms with Gasteiger partial charge in [-0.15, -0.1) is 0 Å². The Morgan fingerprint density at radius 3 is 2.20 bits per heavy atom. The number of esters is 2. The van der Waals surface area contributed by atoms with E-state index in [1.165, 1.54) is 0 Å². The molecular weight excluding hydrogens is 136 g/mol. The Labute approximate surface area is 62.6 Å². The Hall–Kier alpha value is -1.32. The van der Waals surface area contributed by atoms with Crippen molar-refractivity contribution in [3.63, 3.8) is 0 Å². The summed E-state index contributed by atoms with van der Waals surface area (Å²) in [5, 5.41) is 0. The molecular formula is C6H8O4. The maximum atomic E-state index is 10.6. The molecule has 0 aliphatic heterocycles. The lowest BCUT2D eigenvalue weighted by molar-refractivity contribution is -0.137. The van der Waals surface area contributed by atoms with E-state index in [0.29, 0.717) is 6.08 Å². The van der Waals surface area contributed by atoms with Gasteiger partial charge in [0, 0.05) is 12.2 Å². The molecule has 0 unspecified atom stereocenters. The summed E-state index contributed by atoms with van der Waals surface area (Å²) in [6.07, 6.45) is 1.45. The molecule has 0 atom stereocenters. The number of rotatable bonds is 2. The molecule has 0 fully saturated rings. The summed E-state index contributed by atoms with van der Waals surface area (Å²) in [6, 6.07) is 0. The average Bonchev–Trinajstić information content (AvgIpc) is 1.97. The van der Waals surface area contributed by atoms with Crippen LogP contribution < -0.4 is 0 Å². The highest BCUT2D eigenvalue weighted by Crippen LogP contribution is 1.80. The first-order valence-corrected chi connectivity index (χ1v) is 2.34. The Morgan fingerprint density at radius 2 is 1.80 bits per heavy atom. The predicted octanol–water partition coefficient (Wildman–Crippen LogP) is -0.111. The lowest BCUT2D eigenvalue weighted by Gasteiger charge is -1.89. The number of carbonyl (C=O) groups is 2. The van der Waals surface area contributed by atoms with Crippen LogP contribution in [0, 0.1) is 0 Å². The maximum absolute atomic E-state index is 10.6. The smallest absolute Gasteiger partial charge is 0.330 e. The molecule has 0 aromatic rings. The molecule has 0 aromatic heterocycles. The van der Waals surface area contributed by atoms with Gasteiger partial charge in [0.2, 0.25) is 0 Å². The highest BCUT2D eigenvalue weighted by Gasteiger charge is 1.94. The number of methoxy groups -OCH3 is 2. The van der Waals surface area contributed by atoms with Crippen molar-refractivity contribution in [2.75, 3.05) is 14.1 Å². The molecule has 0 spiro atoms. The molecule has 0 aliphatic rings. The maximum Gasteiger partial charge on any atom is 0.330 e. The zero-order chi connectivity index (χ0) is 10.5. The Kier molecular flexibility index (Phi) is 2.04. The van der Waals surface area contributed by atoms with Crippen molar-refractivity contribution < 1.29 is 23.2 Å². The van der Waals surface area contributed by atoms with Gasteiger partial charge >= 0.3 is 11.9 Å². The number of hydrogen-bond donors (Lipinski definition) is 0. The third-order valence-corrected chi connectivity index (χ3v) is 0.657. The number of hydrogen-bond acceptors (Lipinski definition) is 4. The number of carbonyl (C=O) groups excluding carboxylic acids is 2. The van der Waals surface area contributed by atoms with Crippen molar-refractivity contribution in [1.82, 2.24) is 0 Å². The molecule has 4 heteroatoms. The molecule has 0 heterocycles. The van der Waals surface area contributed by atoms with Crippen LogP contribution in [0.3, 0.4) is 0 Å². The fraction of sp³-hybridized carbons (Fsp3) is 0.333. The molecule has 0 amide bonds. The second-order valence-corrected chi connectivity index (χ2v) is 1.28. The summed E-state index contributed by atoms with van der Waals surface area (Å²) in [4.78, 5) is 21.0. The molecule has 0 rings (SSSR count). The topological polar surface area (TPSA) is 52.6 Å². The van der Waals surface area contributed by atoms with Crippen LogP contribution in [0.5, 0.6) is 0 Å². The second-order valence-electron chi connectivity index (χ2n) is 1.28. The van der Waals surface area contributed by atoms with Gasteiger partial charge in [-0.05, 0) is 0 Å². The van der Waals surface area contributed by atoms with E-state index < -0.39 is 19.0 Å². The second kappa shape index (κ2) is 4.55. The summed E-state index contributed by atoms with van der Waals surface area (Å²) in [5.74, 6) is -1.88. The van der Waals surface area contributed by atoms with E-state index in [-0.39, 0.29) is 0 Å². The molecule has 56 valence electrons. The molecule has 0 saturated carbocycles. The highest BCUT2D eigenvalue weighted by atomic mass is 16.5. The largest absolute Gasteiger partial charge is 0.466 e. The first-order chi connectivity index (χ1) is 5.85. The summed E-state index contributed by atoms with van der Waals surface area (Å²) in [7, 11) is -1.67. The van der Waals surface area contributed by atoms with Gasteiger partial charge in [0.05, 0.1) is 18.3 Å². The molecule has 10 heavy (non-hydrogen) atoms. The molecule has 0 N–H and O–H groups in total. The SMILES string of the molecule is [2H]C([2H])([2H])OC(=O)/C=C/C(=O)OC. The third kappa shape index (κ3) is 3.65. The van der Waals surface area contributed by atoms with E-state index in [9.17, 15) is 9.59 Å². The summed E-state index contributed by atoms with van der Waals surface area (Å²) >= 11 is 0. The minimum Gasteiger partial charge on any atom is -0.466 e. The van der Waals surface area contributed by atoms with Crippen LogP contribution in [0.4, 0.5) is 0 Å². The lowest BCUT2D eigenvalue weighted by Crippen LogP contribution is -1.98. The number of ether oxygens (including phenoxy) is 2. The van der Waals surface area contributed by atoms with Gasteiger partial charge < -0.3 is 9.47 Å². The van der Waals surface area contributed by atoms with Crippen LogP contribution >= 0.6 is 0 Å².